The summed E-state index contributed by atoms with van der Waals surface area (Å²) < 4.78 is 0. The number of hydrogen-bond acceptors (Lipinski definition) is 0. The van der Waals surface area contributed by atoms with Crippen molar-refractivity contribution in [3.63, 3.8) is 0 Å². The molecule has 0 bridgehead atoms. The molecule has 2 unspecified atom stereocenters. The summed E-state index contributed by atoms with van der Waals surface area (Å²) in [7, 11) is 0. The molecule has 4 aromatic carbocycles. The van der Waals surface area contributed by atoms with Gasteiger partial charge in [0.25, 0.3) is 0 Å². The van der Waals surface area contributed by atoms with E-state index in [-0.39, 0.29) is 10.8 Å². The highest BCUT2D eigenvalue weighted by Crippen LogP contribution is 2.44. The van der Waals surface area contributed by atoms with E-state index in [0.717, 1.165) is 0 Å². The molecule has 0 amide bonds. The van der Waals surface area contributed by atoms with E-state index in [1.165, 1.54) is 33.4 Å². The summed E-state index contributed by atoms with van der Waals surface area (Å²) in [5.74, 6) is 0. The minimum Gasteiger partial charge on any atom is -0.102 e. The lowest BCUT2D eigenvalue weighted by Crippen LogP contribution is -2.24. The van der Waals surface area contributed by atoms with Crippen LogP contribution in [-0.2, 0) is 10.8 Å². The molecule has 158 valence electrons. The van der Waals surface area contributed by atoms with Crippen LogP contribution in [0.25, 0.3) is 11.1 Å². The Morgan fingerprint density at radius 1 is 0.469 bits per heavy atom. The third-order valence-corrected chi connectivity index (χ3v) is 6.83. The van der Waals surface area contributed by atoms with Gasteiger partial charge in [-0.25, -0.2) is 0 Å². The first-order chi connectivity index (χ1) is 15.5. The molecule has 0 nitrogen and oxygen atoms in total. The Bertz CT molecular complexity index is 1120. The average Bonchev–Trinajstić information content (AvgIpc) is 2.89. The molecule has 0 heterocycles. The smallest absolute Gasteiger partial charge is 0.0357 e. The molecule has 4 rings (SSSR count). The van der Waals surface area contributed by atoms with Crippen molar-refractivity contribution in [1.29, 1.82) is 0 Å². The van der Waals surface area contributed by atoms with Gasteiger partial charge in [0.2, 0.25) is 0 Å². The van der Waals surface area contributed by atoms with Gasteiger partial charge in [-0.2, -0.15) is 0 Å². The lowest BCUT2D eigenvalue weighted by Gasteiger charge is -2.33. The molecule has 0 aromatic heterocycles. The zero-order valence-electron chi connectivity index (χ0n) is 19.0. The summed E-state index contributed by atoms with van der Waals surface area (Å²) >= 11 is 0. The first-order valence-corrected chi connectivity index (χ1v) is 11.1. The molecule has 0 heteroatoms. The molecule has 0 radical (unpaired) electrons. The Morgan fingerprint density at radius 3 is 1.12 bits per heavy atom. The van der Waals surface area contributed by atoms with Crippen LogP contribution < -0.4 is 0 Å². The highest BCUT2D eigenvalue weighted by atomic mass is 14.3. The lowest BCUT2D eigenvalue weighted by atomic mass is 9.70. The van der Waals surface area contributed by atoms with Crippen LogP contribution in [0.1, 0.15) is 36.1 Å². The summed E-state index contributed by atoms with van der Waals surface area (Å²) in [6.07, 6.45) is 4.13. The maximum absolute atomic E-state index is 4.24. The summed E-state index contributed by atoms with van der Waals surface area (Å²) in [5, 5.41) is 0. The Balaban J connectivity index is 1.97. The standard InChI is InChI=1S/C32H30/c1-5-31(3,25-17-9-7-10-18-25)29-23-15-13-21-27(29)28-22-14-16-24-30(28)32(4,6-2)26-19-11-8-12-20-26/h5-24H,1-2H2,3-4H3. The van der Waals surface area contributed by atoms with Crippen molar-refractivity contribution in [1.82, 2.24) is 0 Å². The molecule has 0 fully saturated rings. The molecule has 0 aliphatic heterocycles. The Kier molecular flexibility index (Phi) is 5.97. The number of allylic oxidation sites excluding steroid dienone is 2. The van der Waals surface area contributed by atoms with Gasteiger partial charge in [0.05, 0.1) is 0 Å². The minimum atomic E-state index is -0.317. The summed E-state index contributed by atoms with van der Waals surface area (Å²) in [6.45, 7) is 13.0. The molecule has 2 atom stereocenters. The molecule has 4 aromatic rings. The van der Waals surface area contributed by atoms with E-state index >= 15 is 0 Å². The fourth-order valence-corrected chi connectivity index (χ4v) is 4.68. The molecule has 0 aliphatic rings. The molecule has 0 aliphatic carbocycles. The van der Waals surface area contributed by atoms with Crippen molar-refractivity contribution in [3.05, 3.63) is 157 Å². The normalized spacial score (nSPS) is 14.7. The molecule has 0 spiro atoms. The van der Waals surface area contributed by atoms with Crippen LogP contribution >= 0.6 is 0 Å². The molecule has 32 heavy (non-hydrogen) atoms. The maximum Gasteiger partial charge on any atom is 0.0357 e. The first kappa shape index (κ1) is 21.6. The van der Waals surface area contributed by atoms with Gasteiger partial charge in [0.15, 0.2) is 0 Å². The Labute approximate surface area is 192 Å². The van der Waals surface area contributed by atoms with Crippen molar-refractivity contribution < 1.29 is 0 Å². The van der Waals surface area contributed by atoms with Gasteiger partial charge in [-0.3, -0.25) is 0 Å². The third kappa shape index (κ3) is 3.63. The van der Waals surface area contributed by atoms with Crippen LogP contribution in [0.15, 0.2) is 135 Å². The average molecular weight is 415 g/mol. The number of rotatable bonds is 7. The van der Waals surface area contributed by atoms with Gasteiger partial charge in [-0.15, -0.1) is 13.2 Å². The van der Waals surface area contributed by atoms with Crippen molar-refractivity contribution in [2.75, 3.05) is 0 Å². The van der Waals surface area contributed by atoms with Crippen LogP contribution in [-0.4, -0.2) is 0 Å². The Morgan fingerprint density at radius 2 is 0.781 bits per heavy atom. The van der Waals surface area contributed by atoms with Gasteiger partial charge < -0.3 is 0 Å². The zero-order valence-corrected chi connectivity index (χ0v) is 19.0. The van der Waals surface area contributed by atoms with Crippen molar-refractivity contribution in [2.24, 2.45) is 0 Å². The maximum atomic E-state index is 4.24. The van der Waals surface area contributed by atoms with Crippen LogP contribution in [0.5, 0.6) is 0 Å². The summed E-state index contributed by atoms with van der Waals surface area (Å²) in [6, 6.07) is 38.6. The topological polar surface area (TPSA) is 0 Å². The second-order valence-corrected chi connectivity index (χ2v) is 8.64. The molecular weight excluding hydrogens is 384 g/mol. The Hall–Kier alpha value is -3.64. The highest BCUT2D eigenvalue weighted by Gasteiger charge is 2.32. The van der Waals surface area contributed by atoms with E-state index in [1.54, 1.807) is 0 Å². The zero-order chi connectivity index (χ0) is 22.6. The summed E-state index contributed by atoms with van der Waals surface area (Å²) in [4.78, 5) is 0. The van der Waals surface area contributed by atoms with Gasteiger partial charge in [-0.05, 0) is 47.2 Å². The summed E-state index contributed by atoms with van der Waals surface area (Å²) in [5.41, 5.74) is 6.76. The van der Waals surface area contributed by atoms with E-state index in [1.807, 2.05) is 0 Å². The quantitative estimate of drug-likeness (QED) is 0.267. The fourth-order valence-electron chi connectivity index (χ4n) is 4.68. The van der Waals surface area contributed by atoms with E-state index in [9.17, 15) is 0 Å². The molecule has 0 saturated carbocycles. The number of hydrogen-bond donors (Lipinski definition) is 0. The monoisotopic (exact) mass is 414 g/mol. The van der Waals surface area contributed by atoms with Crippen LogP contribution in [0.2, 0.25) is 0 Å². The highest BCUT2D eigenvalue weighted by molar-refractivity contribution is 5.76. The van der Waals surface area contributed by atoms with Gasteiger partial charge >= 0.3 is 0 Å². The van der Waals surface area contributed by atoms with Crippen molar-refractivity contribution in [3.8, 4) is 11.1 Å². The molecular formula is C32H30. The second-order valence-electron chi connectivity index (χ2n) is 8.64. The minimum absolute atomic E-state index is 0.317. The predicted octanol–water partition coefficient (Wildman–Crippen LogP) is 8.34. The molecule has 0 N–H and O–H groups in total. The largest absolute Gasteiger partial charge is 0.102 e. The van der Waals surface area contributed by atoms with E-state index in [0.29, 0.717) is 0 Å². The van der Waals surface area contributed by atoms with Crippen molar-refractivity contribution >= 4 is 0 Å². The van der Waals surface area contributed by atoms with Crippen LogP contribution in [0, 0.1) is 0 Å². The number of benzene rings is 4. The van der Waals surface area contributed by atoms with E-state index < -0.39 is 0 Å². The SMILES string of the molecule is C=CC(C)(c1ccccc1)c1ccccc1-c1ccccc1C(C)(C=C)c1ccccc1. The van der Waals surface area contributed by atoms with Crippen molar-refractivity contribution in [2.45, 2.75) is 24.7 Å². The van der Waals surface area contributed by atoms with E-state index in [4.69, 9.17) is 0 Å². The lowest BCUT2D eigenvalue weighted by molar-refractivity contribution is 0.719. The fraction of sp³-hybridized carbons (Fsp3) is 0.125. The van der Waals surface area contributed by atoms with Gasteiger partial charge in [0, 0.05) is 10.8 Å². The van der Waals surface area contributed by atoms with Gasteiger partial charge in [-0.1, -0.05) is 121 Å². The third-order valence-electron chi connectivity index (χ3n) is 6.83. The van der Waals surface area contributed by atoms with Crippen LogP contribution in [0.3, 0.4) is 0 Å². The second kappa shape index (κ2) is 8.85. The van der Waals surface area contributed by atoms with E-state index in [2.05, 4.69) is 148 Å². The van der Waals surface area contributed by atoms with Crippen LogP contribution in [0.4, 0.5) is 0 Å². The van der Waals surface area contributed by atoms with Gasteiger partial charge in [0.1, 0.15) is 0 Å². The molecule has 0 saturated heterocycles. The predicted molar refractivity (Wildman–Crippen MR) is 138 cm³/mol. The first-order valence-electron chi connectivity index (χ1n) is 11.1.